The maximum Gasteiger partial charge on any atom is 0.240 e. The number of hydrogen-bond donors (Lipinski definition) is 2. The molecule has 0 spiro atoms. The lowest BCUT2D eigenvalue weighted by molar-refractivity contribution is -0.121. The molecule has 0 bridgehead atoms. The Balaban J connectivity index is 1.38. The Morgan fingerprint density at radius 1 is 0.941 bits per heavy atom. The number of anilines is 1. The van der Waals surface area contributed by atoms with Crippen LogP contribution in [-0.2, 0) is 22.6 Å². The van der Waals surface area contributed by atoms with Gasteiger partial charge < -0.3 is 19.9 Å². The minimum Gasteiger partial charge on any atom is -0.497 e. The van der Waals surface area contributed by atoms with E-state index in [0.717, 1.165) is 23.2 Å². The first-order chi connectivity index (χ1) is 16.6. The summed E-state index contributed by atoms with van der Waals surface area (Å²) in [6.45, 7) is 0.694. The minimum absolute atomic E-state index is 0.0939. The Morgan fingerprint density at radius 3 is 2.44 bits per heavy atom. The van der Waals surface area contributed by atoms with Crippen molar-refractivity contribution in [2.75, 3.05) is 24.7 Å². The van der Waals surface area contributed by atoms with E-state index >= 15 is 0 Å². The summed E-state index contributed by atoms with van der Waals surface area (Å²) in [4.78, 5) is 29.8. The van der Waals surface area contributed by atoms with Gasteiger partial charge in [-0.15, -0.1) is 0 Å². The van der Waals surface area contributed by atoms with Crippen molar-refractivity contribution < 1.29 is 14.3 Å². The fraction of sp³-hybridized carbons (Fsp3) is 0.192. The van der Waals surface area contributed by atoms with E-state index in [1.807, 2.05) is 59.2 Å². The van der Waals surface area contributed by atoms with Crippen LogP contribution >= 0.6 is 11.8 Å². The highest BCUT2D eigenvalue weighted by Crippen LogP contribution is 2.24. The van der Waals surface area contributed by atoms with E-state index in [1.165, 1.54) is 17.3 Å². The molecule has 2 amide bonds. The van der Waals surface area contributed by atoms with Gasteiger partial charge in [-0.2, -0.15) is 0 Å². The van der Waals surface area contributed by atoms with Gasteiger partial charge in [-0.3, -0.25) is 9.59 Å². The fourth-order valence-corrected chi connectivity index (χ4v) is 4.32. The van der Waals surface area contributed by atoms with Crippen LogP contribution in [0, 0.1) is 0 Å². The summed E-state index contributed by atoms with van der Waals surface area (Å²) in [6, 6.07) is 24.9. The first-order valence-electron chi connectivity index (χ1n) is 10.9. The molecular weight excluding hydrogens is 448 g/mol. The lowest BCUT2D eigenvalue weighted by Gasteiger charge is -2.10. The molecule has 34 heavy (non-hydrogen) atoms. The molecule has 8 heteroatoms. The Hall–Kier alpha value is -3.78. The molecule has 4 rings (SSSR count). The highest BCUT2D eigenvalue weighted by molar-refractivity contribution is 7.99. The Kier molecular flexibility index (Phi) is 7.83. The van der Waals surface area contributed by atoms with E-state index in [4.69, 9.17) is 4.74 Å². The van der Waals surface area contributed by atoms with Crippen molar-refractivity contribution in [1.29, 1.82) is 0 Å². The van der Waals surface area contributed by atoms with E-state index in [-0.39, 0.29) is 24.1 Å². The lowest BCUT2D eigenvalue weighted by atomic mass is 10.1. The van der Waals surface area contributed by atoms with Crippen LogP contribution in [0.1, 0.15) is 5.56 Å². The van der Waals surface area contributed by atoms with E-state index in [1.54, 1.807) is 31.4 Å². The van der Waals surface area contributed by atoms with Crippen LogP contribution in [0.25, 0.3) is 11.0 Å². The van der Waals surface area contributed by atoms with Crippen LogP contribution in [0.15, 0.2) is 84.0 Å². The minimum atomic E-state index is -0.152. The topological polar surface area (TPSA) is 85.2 Å². The molecule has 0 saturated carbocycles. The number of imidazole rings is 1. The van der Waals surface area contributed by atoms with Gasteiger partial charge in [-0.05, 0) is 48.4 Å². The predicted octanol–water partition coefficient (Wildman–Crippen LogP) is 4.13. The Labute approximate surface area is 202 Å². The molecule has 2 N–H and O–H groups in total. The quantitative estimate of drug-likeness (QED) is 0.338. The van der Waals surface area contributed by atoms with E-state index in [9.17, 15) is 9.59 Å². The van der Waals surface area contributed by atoms with Crippen LogP contribution in [0.4, 0.5) is 5.69 Å². The first kappa shape index (κ1) is 23.4. The third kappa shape index (κ3) is 6.17. The van der Waals surface area contributed by atoms with Crippen LogP contribution in [0.5, 0.6) is 5.75 Å². The van der Waals surface area contributed by atoms with Crippen molar-refractivity contribution >= 4 is 40.3 Å². The number of rotatable bonds is 10. The number of thioether (sulfide) groups is 1. The van der Waals surface area contributed by atoms with E-state index < -0.39 is 0 Å². The molecule has 174 valence electrons. The second-order valence-electron chi connectivity index (χ2n) is 7.62. The highest BCUT2D eigenvalue weighted by Gasteiger charge is 2.15. The van der Waals surface area contributed by atoms with E-state index in [2.05, 4.69) is 15.6 Å². The Morgan fingerprint density at radius 2 is 1.68 bits per heavy atom. The molecule has 0 aliphatic rings. The van der Waals surface area contributed by atoms with Gasteiger partial charge in [0.1, 0.15) is 12.3 Å². The lowest BCUT2D eigenvalue weighted by Crippen LogP contribution is -2.29. The zero-order valence-corrected chi connectivity index (χ0v) is 19.7. The smallest absolute Gasteiger partial charge is 0.240 e. The summed E-state index contributed by atoms with van der Waals surface area (Å²) in [5.74, 6) is 0.651. The van der Waals surface area contributed by atoms with Gasteiger partial charge in [0.25, 0.3) is 0 Å². The van der Waals surface area contributed by atoms with Crippen molar-refractivity contribution in [2.24, 2.45) is 0 Å². The fourth-order valence-electron chi connectivity index (χ4n) is 3.51. The van der Waals surface area contributed by atoms with Crippen LogP contribution in [0.2, 0.25) is 0 Å². The number of methoxy groups -OCH3 is 1. The number of carbonyl (C=O) groups excluding carboxylic acids is 2. The summed E-state index contributed by atoms with van der Waals surface area (Å²) >= 11 is 1.31. The highest BCUT2D eigenvalue weighted by atomic mass is 32.2. The van der Waals surface area contributed by atoms with Crippen LogP contribution in [0.3, 0.4) is 0 Å². The van der Waals surface area contributed by atoms with Gasteiger partial charge >= 0.3 is 0 Å². The van der Waals surface area contributed by atoms with Gasteiger partial charge in [0, 0.05) is 12.2 Å². The number of nitrogens with zero attached hydrogens (tertiary/aromatic N) is 2. The van der Waals surface area contributed by atoms with Crippen molar-refractivity contribution in [3.8, 4) is 5.75 Å². The number of carbonyl (C=O) groups is 2. The molecule has 3 aromatic carbocycles. The number of benzene rings is 3. The van der Waals surface area contributed by atoms with Gasteiger partial charge in [-0.25, -0.2) is 4.98 Å². The van der Waals surface area contributed by atoms with Crippen LogP contribution < -0.4 is 15.4 Å². The number of hydrogen-bond acceptors (Lipinski definition) is 5. The standard InChI is InChI=1S/C26H26N4O3S/c1-33-21-13-11-20(12-14-21)28-25(32)18-34-26-29-22-9-5-6-10-23(22)30(26)17-24(31)27-16-15-19-7-3-2-4-8-19/h2-14H,15-18H2,1H3,(H,27,31)(H,28,32). The molecule has 4 aromatic rings. The van der Waals surface area contributed by atoms with Crippen LogP contribution in [-0.4, -0.2) is 40.8 Å². The SMILES string of the molecule is COc1ccc(NC(=O)CSc2nc3ccccc3n2CC(=O)NCCc2ccccc2)cc1. The number of ether oxygens (including phenoxy) is 1. The van der Waals surface area contributed by atoms with Crippen molar-refractivity contribution in [3.05, 3.63) is 84.4 Å². The van der Waals surface area contributed by atoms with Crippen molar-refractivity contribution in [1.82, 2.24) is 14.9 Å². The maximum atomic E-state index is 12.7. The second-order valence-corrected chi connectivity index (χ2v) is 8.56. The van der Waals surface area contributed by atoms with Crippen molar-refractivity contribution in [2.45, 2.75) is 18.1 Å². The molecule has 0 atom stereocenters. The molecule has 0 fully saturated rings. The monoisotopic (exact) mass is 474 g/mol. The molecule has 0 aliphatic carbocycles. The second kappa shape index (κ2) is 11.4. The van der Waals surface area contributed by atoms with Gasteiger partial charge in [0.2, 0.25) is 11.8 Å². The normalized spacial score (nSPS) is 10.7. The van der Waals surface area contributed by atoms with Crippen molar-refractivity contribution in [3.63, 3.8) is 0 Å². The Bertz CT molecular complexity index is 1260. The largest absolute Gasteiger partial charge is 0.497 e. The number of para-hydroxylation sites is 2. The molecule has 0 aliphatic heterocycles. The number of nitrogens with one attached hydrogen (secondary N) is 2. The van der Waals surface area contributed by atoms with Gasteiger partial charge in [0.05, 0.1) is 23.9 Å². The zero-order valence-electron chi connectivity index (χ0n) is 18.9. The average Bonchev–Trinajstić information content (AvgIpc) is 3.21. The predicted molar refractivity (Wildman–Crippen MR) is 135 cm³/mol. The third-order valence-electron chi connectivity index (χ3n) is 5.21. The summed E-state index contributed by atoms with van der Waals surface area (Å²) in [5.41, 5.74) is 3.52. The third-order valence-corrected chi connectivity index (χ3v) is 6.18. The molecule has 1 heterocycles. The summed E-state index contributed by atoms with van der Waals surface area (Å²) in [6.07, 6.45) is 0.768. The summed E-state index contributed by atoms with van der Waals surface area (Å²) in [7, 11) is 1.60. The molecule has 0 unspecified atom stereocenters. The van der Waals surface area contributed by atoms with Gasteiger partial charge in [-0.1, -0.05) is 54.2 Å². The van der Waals surface area contributed by atoms with E-state index in [0.29, 0.717) is 17.4 Å². The number of fused-ring (bicyclic) bond motifs is 1. The summed E-state index contributed by atoms with van der Waals surface area (Å²) in [5, 5.41) is 6.48. The molecule has 0 saturated heterocycles. The number of amides is 2. The zero-order chi connectivity index (χ0) is 23.8. The molecule has 0 radical (unpaired) electrons. The molecule has 1 aromatic heterocycles. The molecular formula is C26H26N4O3S. The molecule has 7 nitrogen and oxygen atoms in total. The maximum absolute atomic E-state index is 12.7. The average molecular weight is 475 g/mol. The number of aromatic nitrogens is 2. The van der Waals surface area contributed by atoms with Gasteiger partial charge in [0.15, 0.2) is 5.16 Å². The summed E-state index contributed by atoms with van der Waals surface area (Å²) < 4.78 is 7.00. The first-order valence-corrected chi connectivity index (χ1v) is 11.9.